The monoisotopic (exact) mass is 343 g/mol. The summed E-state index contributed by atoms with van der Waals surface area (Å²) in [4.78, 5) is 35.7. The number of anilines is 2. The first-order chi connectivity index (χ1) is 12.0. The lowest BCUT2D eigenvalue weighted by molar-refractivity contribution is -0.129. The van der Waals surface area contributed by atoms with E-state index in [4.69, 9.17) is 0 Å². The third-order valence-electron chi connectivity index (χ3n) is 4.02. The second-order valence-electron chi connectivity index (χ2n) is 5.71. The highest BCUT2D eigenvalue weighted by atomic mass is 19.1. The van der Waals surface area contributed by atoms with Crippen LogP contribution < -0.4 is 10.2 Å². The fourth-order valence-electron chi connectivity index (χ4n) is 2.58. The van der Waals surface area contributed by atoms with Crippen LogP contribution in [0.3, 0.4) is 0 Å². The molecule has 0 aliphatic carbocycles. The Hall–Kier alpha value is -3.03. The molecule has 0 radical (unpaired) electrons. The molecule has 25 heavy (non-hydrogen) atoms. The first kappa shape index (κ1) is 16.8. The van der Waals surface area contributed by atoms with E-state index in [9.17, 15) is 14.0 Å². The van der Waals surface area contributed by atoms with Crippen molar-refractivity contribution >= 4 is 23.3 Å². The van der Waals surface area contributed by atoms with Crippen LogP contribution in [0.2, 0.25) is 0 Å². The van der Waals surface area contributed by atoms with Gasteiger partial charge in [0.1, 0.15) is 17.3 Å². The molecular weight excluding hydrogens is 325 g/mol. The molecule has 1 aliphatic heterocycles. The first-order valence-electron chi connectivity index (χ1n) is 7.92. The molecule has 1 N–H and O–H groups in total. The molecule has 2 heterocycles. The summed E-state index contributed by atoms with van der Waals surface area (Å²) in [5.41, 5.74) is 0.660. The SMILES string of the molecule is CC(=O)N1CCN(c2cnc(C(=O)Nc3ccc(F)cc3)cn2)CC1. The predicted octanol–water partition coefficient (Wildman–Crippen LogP) is 1.54. The van der Waals surface area contributed by atoms with Crippen LogP contribution >= 0.6 is 0 Å². The molecule has 1 aliphatic rings. The van der Waals surface area contributed by atoms with E-state index in [2.05, 4.69) is 15.3 Å². The lowest BCUT2D eigenvalue weighted by Crippen LogP contribution is -2.48. The van der Waals surface area contributed by atoms with Gasteiger partial charge in [0.2, 0.25) is 5.91 Å². The van der Waals surface area contributed by atoms with E-state index >= 15 is 0 Å². The minimum atomic E-state index is -0.410. The summed E-state index contributed by atoms with van der Waals surface area (Å²) in [6.07, 6.45) is 2.95. The van der Waals surface area contributed by atoms with Crippen molar-refractivity contribution in [1.29, 1.82) is 0 Å². The molecule has 2 amide bonds. The quantitative estimate of drug-likeness (QED) is 0.914. The van der Waals surface area contributed by atoms with Crippen LogP contribution in [0.5, 0.6) is 0 Å². The van der Waals surface area contributed by atoms with Crippen LogP contribution in [-0.2, 0) is 4.79 Å². The number of carbonyl (C=O) groups excluding carboxylic acids is 2. The van der Waals surface area contributed by atoms with E-state index < -0.39 is 5.91 Å². The van der Waals surface area contributed by atoms with E-state index in [1.54, 1.807) is 18.0 Å². The number of carbonyl (C=O) groups is 2. The molecule has 0 atom stereocenters. The Morgan fingerprint density at radius 1 is 1.04 bits per heavy atom. The van der Waals surface area contributed by atoms with Gasteiger partial charge in [0.05, 0.1) is 12.4 Å². The number of halogens is 1. The zero-order valence-electron chi connectivity index (χ0n) is 13.8. The maximum absolute atomic E-state index is 12.9. The molecule has 0 unspecified atom stereocenters. The van der Waals surface area contributed by atoms with E-state index in [0.717, 1.165) is 0 Å². The number of piperazine rings is 1. The van der Waals surface area contributed by atoms with Crippen molar-refractivity contribution in [2.24, 2.45) is 0 Å². The molecule has 1 fully saturated rings. The zero-order valence-corrected chi connectivity index (χ0v) is 13.8. The number of rotatable bonds is 3. The highest BCUT2D eigenvalue weighted by molar-refractivity contribution is 6.02. The fraction of sp³-hybridized carbons (Fsp3) is 0.294. The molecule has 0 bridgehead atoms. The van der Waals surface area contributed by atoms with Crippen LogP contribution in [0, 0.1) is 5.82 Å². The van der Waals surface area contributed by atoms with Gasteiger partial charge in [-0.15, -0.1) is 0 Å². The van der Waals surface area contributed by atoms with Gasteiger partial charge in [-0.1, -0.05) is 0 Å². The topological polar surface area (TPSA) is 78.4 Å². The molecule has 0 saturated carbocycles. The molecular formula is C17H18FN5O2. The molecule has 1 saturated heterocycles. The second kappa shape index (κ2) is 7.25. The molecule has 1 aromatic heterocycles. The maximum atomic E-state index is 12.9. The third kappa shape index (κ3) is 4.09. The lowest BCUT2D eigenvalue weighted by atomic mass is 10.3. The minimum Gasteiger partial charge on any atom is -0.352 e. The van der Waals surface area contributed by atoms with Gasteiger partial charge in [0.15, 0.2) is 0 Å². The van der Waals surface area contributed by atoms with Gasteiger partial charge in [0.25, 0.3) is 5.91 Å². The van der Waals surface area contributed by atoms with Crippen LogP contribution in [-0.4, -0.2) is 52.9 Å². The standard InChI is InChI=1S/C17H18FN5O2/c1-12(24)22-6-8-23(9-7-22)16-11-19-15(10-20-16)17(25)21-14-4-2-13(18)3-5-14/h2-5,10-11H,6-9H2,1H3,(H,21,25). The predicted molar refractivity (Wildman–Crippen MR) is 90.9 cm³/mol. The van der Waals surface area contributed by atoms with Crippen LogP contribution in [0.25, 0.3) is 0 Å². The molecule has 130 valence electrons. The summed E-state index contributed by atoms with van der Waals surface area (Å²) >= 11 is 0. The summed E-state index contributed by atoms with van der Waals surface area (Å²) in [6.45, 7) is 4.20. The molecule has 3 rings (SSSR count). The van der Waals surface area contributed by atoms with E-state index in [-0.39, 0.29) is 17.4 Å². The van der Waals surface area contributed by atoms with Crippen molar-refractivity contribution in [2.45, 2.75) is 6.92 Å². The Bertz CT molecular complexity index is 756. The normalized spacial score (nSPS) is 14.3. The average Bonchev–Trinajstić information content (AvgIpc) is 2.64. The van der Waals surface area contributed by atoms with Gasteiger partial charge in [-0.25, -0.2) is 14.4 Å². The lowest BCUT2D eigenvalue weighted by Gasteiger charge is -2.34. The molecule has 7 nitrogen and oxygen atoms in total. The van der Waals surface area contributed by atoms with Crippen molar-refractivity contribution in [1.82, 2.24) is 14.9 Å². The van der Waals surface area contributed by atoms with Gasteiger partial charge < -0.3 is 15.1 Å². The molecule has 8 heteroatoms. The number of amides is 2. The highest BCUT2D eigenvalue weighted by Gasteiger charge is 2.20. The first-order valence-corrected chi connectivity index (χ1v) is 7.92. The van der Waals surface area contributed by atoms with E-state index in [1.807, 2.05) is 4.90 Å². The number of hydrogen-bond acceptors (Lipinski definition) is 5. The smallest absolute Gasteiger partial charge is 0.275 e. The Morgan fingerprint density at radius 2 is 1.72 bits per heavy atom. The molecule has 0 spiro atoms. The fourth-order valence-corrected chi connectivity index (χ4v) is 2.58. The molecule has 1 aromatic carbocycles. The van der Waals surface area contributed by atoms with Crippen molar-refractivity contribution in [3.8, 4) is 0 Å². The largest absolute Gasteiger partial charge is 0.352 e. The van der Waals surface area contributed by atoms with E-state index in [0.29, 0.717) is 37.7 Å². The van der Waals surface area contributed by atoms with Crippen LogP contribution in [0.1, 0.15) is 17.4 Å². The Balaban J connectivity index is 1.61. The number of aromatic nitrogens is 2. The van der Waals surface area contributed by atoms with Crippen LogP contribution in [0.4, 0.5) is 15.9 Å². The van der Waals surface area contributed by atoms with Gasteiger partial charge >= 0.3 is 0 Å². The minimum absolute atomic E-state index is 0.0681. The summed E-state index contributed by atoms with van der Waals surface area (Å²) < 4.78 is 12.9. The number of nitrogens with zero attached hydrogens (tertiary/aromatic N) is 4. The van der Waals surface area contributed by atoms with Gasteiger partial charge in [-0.3, -0.25) is 9.59 Å². The van der Waals surface area contributed by atoms with Crippen molar-refractivity contribution in [3.05, 3.63) is 48.2 Å². The van der Waals surface area contributed by atoms with Gasteiger partial charge in [-0.2, -0.15) is 0 Å². The number of nitrogens with one attached hydrogen (secondary N) is 1. The summed E-state index contributed by atoms with van der Waals surface area (Å²) in [7, 11) is 0. The highest BCUT2D eigenvalue weighted by Crippen LogP contribution is 2.14. The zero-order chi connectivity index (χ0) is 17.8. The molecule has 2 aromatic rings. The van der Waals surface area contributed by atoms with E-state index in [1.165, 1.54) is 30.5 Å². The Labute approximate surface area is 144 Å². The second-order valence-corrected chi connectivity index (χ2v) is 5.71. The number of benzene rings is 1. The summed E-state index contributed by atoms with van der Waals surface area (Å²) in [6, 6.07) is 5.49. The van der Waals surface area contributed by atoms with Crippen LogP contribution in [0.15, 0.2) is 36.7 Å². The summed E-state index contributed by atoms with van der Waals surface area (Å²) in [5, 5.41) is 2.64. The van der Waals surface area contributed by atoms with Gasteiger partial charge in [0, 0.05) is 38.8 Å². The maximum Gasteiger partial charge on any atom is 0.275 e. The average molecular weight is 343 g/mol. The van der Waals surface area contributed by atoms with Crippen molar-refractivity contribution in [3.63, 3.8) is 0 Å². The third-order valence-corrected chi connectivity index (χ3v) is 4.02. The number of hydrogen-bond donors (Lipinski definition) is 1. The van der Waals surface area contributed by atoms with Crippen molar-refractivity contribution < 1.29 is 14.0 Å². The van der Waals surface area contributed by atoms with Crippen molar-refractivity contribution in [2.75, 3.05) is 36.4 Å². The Morgan fingerprint density at radius 3 is 2.28 bits per heavy atom. The summed E-state index contributed by atoms with van der Waals surface area (Å²) in [5.74, 6) is -0.0425. The van der Waals surface area contributed by atoms with Gasteiger partial charge in [-0.05, 0) is 24.3 Å². The Kier molecular flexibility index (Phi) is 4.87.